The SMILES string of the molecule is CCC(c1ccc(O)cc1)N1CCCC1C. The van der Waals surface area contributed by atoms with Crippen LogP contribution >= 0.6 is 0 Å². The molecule has 0 amide bonds. The molecule has 2 nitrogen and oxygen atoms in total. The fourth-order valence-electron chi connectivity index (χ4n) is 2.78. The van der Waals surface area contributed by atoms with E-state index in [2.05, 4.69) is 30.9 Å². The lowest BCUT2D eigenvalue weighted by molar-refractivity contribution is 0.186. The minimum atomic E-state index is 0.355. The van der Waals surface area contributed by atoms with Gasteiger partial charge in [0.2, 0.25) is 0 Å². The van der Waals surface area contributed by atoms with E-state index in [-0.39, 0.29) is 0 Å². The van der Waals surface area contributed by atoms with E-state index < -0.39 is 0 Å². The number of rotatable bonds is 3. The zero-order chi connectivity index (χ0) is 11.5. The topological polar surface area (TPSA) is 23.5 Å². The standard InChI is InChI=1S/C14H21NO/c1-3-14(15-10-4-5-11(15)2)12-6-8-13(16)9-7-12/h6-9,11,14,16H,3-5,10H2,1-2H3. The molecule has 0 bridgehead atoms. The highest BCUT2D eigenvalue weighted by Gasteiger charge is 2.27. The lowest BCUT2D eigenvalue weighted by Gasteiger charge is -2.31. The molecular formula is C14H21NO. The highest BCUT2D eigenvalue weighted by molar-refractivity contribution is 5.28. The van der Waals surface area contributed by atoms with Crippen molar-refractivity contribution in [3.63, 3.8) is 0 Å². The van der Waals surface area contributed by atoms with Crippen LogP contribution in [0.3, 0.4) is 0 Å². The average molecular weight is 219 g/mol. The van der Waals surface area contributed by atoms with Gasteiger partial charge in [0.15, 0.2) is 0 Å². The molecule has 1 aromatic rings. The van der Waals surface area contributed by atoms with Crippen LogP contribution in [0.5, 0.6) is 5.75 Å². The Morgan fingerprint density at radius 1 is 1.38 bits per heavy atom. The molecule has 0 spiro atoms. The normalized spacial score (nSPS) is 23.5. The second kappa shape index (κ2) is 4.88. The minimum Gasteiger partial charge on any atom is -0.508 e. The fourth-order valence-corrected chi connectivity index (χ4v) is 2.78. The fraction of sp³-hybridized carbons (Fsp3) is 0.571. The molecule has 1 heterocycles. The summed E-state index contributed by atoms with van der Waals surface area (Å²) < 4.78 is 0. The van der Waals surface area contributed by atoms with Gasteiger partial charge in [-0.1, -0.05) is 19.1 Å². The highest BCUT2D eigenvalue weighted by Crippen LogP contribution is 2.32. The van der Waals surface area contributed by atoms with Crippen LogP contribution in [0.1, 0.15) is 44.7 Å². The summed E-state index contributed by atoms with van der Waals surface area (Å²) in [5.41, 5.74) is 1.33. The average Bonchev–Trinajstić information content (AvgIpc) is 2.69. The summed E-state index contributed by atoms with van der Waals surface area (Å²) in [6, 6.07) is 8.89. The number of nitrogens with zero attached hydrogens (tertiary/aromatic N) is 1. The van der Waals surface area contributed by atoms with Crippen LogP contribution in [0.15, 0.2) is 24.3 Å². The molecule has 0 radical (unpaired) electrons. The summed E-state index contributed by atoms with van der Waals surface area (Å²) in [4.78, 5) is 2.59. The second-order valence-electron chi connectivity index (χ2n) is 4.74. The molecule has 1 fully saturated rings. The Balaban J connectivity index is 2.18. The smallest absolute Gasteiger partial charge is 0.115 e. The number of benzene rings is 1. The molecule has 1 aliphatic heterocycles. The Bertz CT molecular complexity index is 333. The quantitative estimate of drug-likeness (QED) is 0.843. The summed E-state index contributed by atoms with van der Waals surface area (Å²) in [6.07, 6.45) is 3.76. The van der Waals surface area contributed by atoms with Crippen molar-refractivity contribution < 1.29 is 5.11 Å². The lowest BCUT2D eigenvalue weighted by atomic mass is 10.0. The van der Waals surface area contributed by atoms with Crippen molar-refractivity contribution in [1.29, 1.82) is 0 Å². The molecule has 0 aliphatic carbocycles. The summed E-state index contributed by atoms with van der Waals surface area (Å²) in [5.74, 6) is 0.355. The first-order valence-corrected chi connectivity index (χ1v) is 6.27. The molecule has 0 saturated carbocycles. The summed E-state index contributed by atoms with van der Waals surface area (Å²) >= 11 is 0. The molecular weight excluding hydrogens is 198 g/mol. The third-order valence-electron chi connectivity index (χ3n) is 3.67. The van der Waals surface area contributed by atoms with Gasteiger partial charge in [0, 0.05) is 12.1 Å². The second-order valence-corrected chi connectivity index (χ2v) is 4.74. The van der Waals surface area contributed by atoms with Crippen LogP contribution in [0.2, 0.25) is 0 Å². The third kappa shape index (κ3) is 2.22. The number of hydrogen-bond donors (Lipinski definition) is 1. The highest BCUT2D eigenvalue weighted by atomic mass is 16.3. The van der Waals surface area contributed by atoms with Gasteiger partial charge in [-0.2, -0.15) is 0 Å². The molecule has 1 aliphatic rings. The van der Waals surface area contributed by atoms with E-state index in [1.54, 1.807) is 12.1 Å². The van der Waals surface area contributed by atoms with Gasteiger partial charge in [-0.05, 0) is 50.4 Å². The molecule has 0 aromatic heterocycles. The van der Waals surface area contributed by atoms with Gasteiger partial charge in [-0.3, -0.25) is 4.90 Å². The van der Waals surface area contributed by atoms with Crippen LogP contribution < -0.4 is 0 Å². The maximum Gasteiger partial charge on any atom is 0.115 e. The molecule has 1 saturated heterocycles. The molecule has 2 rings (SSSR count). The van der Waals surface area contributed by atoms with Crippen molar-refractivity contribution in [3.05, 3.63) is 29.8 Å². The Hall–Kier alpha value is -1.02. The Morgan fingerprint density at radius 3 is 2.56 bits per heavy atom. The summed E-state index contributed by atoms with van der Waals surface area (Å²) in [5, 5.41) is 9.31. The molecule has 1 N–H and O–H groups in total. The molecule has 88 valence electrons. The maximum absolute atomic E-state index is 9.31. The van der Waals surface area contributed by atoms with Gasteiger partial charge in [-0.15, -0.1) is 0 Å². The maximum atomic E-state index is 9.31. The van der Waals surface area contributed by atoms with Gasteiger partial charge < -0.3 is 5.11 Å². The van der Waals surface area contributed by atoms with Gasteiger partial charge in [0.25, 0.3) is 0 Å². The van der Waals surface area contributed by atoms with Crippen molar-refractivity contribution in [2.45, 2.75) is 45.2 Å². The van der Waals surface area contributed by atoms with Gasteiger partial charge in [0.1, 0.15) is 5.75 Å². The number of aromatic hydroxyl groups is 1. The van der Waals surface area contributed by atoms with Crippen molar-refractivity contribution in [2.24, 2.45) is 0 Å². The molecule has 16 heavy (non-hydrogen) atoms. The number of hydrogen-bond acceptors (Lipinski definition) is 2. The Morgan fingerprint density at radius 2 is 2.06 bits per heavy atom. The van der Waals surface area contributed by atoms with E-state index in [1.807, 2.05) is 0 Å². The monoisotopic (exact) mass is 219 g/mol. The van der Waals surface area contributed by atoms with Crippen molar-refractivity contribution in [1.82, 2.24) is 4.90 Å². The first-order chi connectivity index (χ1) is 7.72. The van der Waals surface area contributed by atoms with Gasteiger partial charge >= 0.3 is 0 Å². The van der Waals surface area contributed by atoms with E-state index in [4.69, 9.17) is 0 Å². The molecule has 2 heteroatoms. The van der Waals surface area contributed by atoms with Crippen LogP contribution in [0.25, 0.3) is 0 Å². The molecule has 2 unspecified atom stereocenters. The zero-order valence-corrected chi connectivity index (χ0v) is 10.2. The van der Waals surface area contributed by atoms with Crippen LogP contribution in [0.4, 0.5) is 0 Å². The van der Waals surface area contributed by atoms with Gasteiger partial charge in [-0.25, -0.2) is 0 Å². The van der Waals surface area contributed by atoms with Crippen LogP contribution in [-0.4, -0.2) is 22.6 Å². The van der Waals surface area contributed by atoms with E-state index in [0.29, 0.717) is 17.8 Å². The Kier molecular flexibility index (Phi) is 3.49. The lowest BCUT2D eigenvalue weighted by Crippen LogP contribution is -2.31. The van der Waals surface area contributed by atoms with Crippen molar-refractivity contribution in [2.75, 3.05) is 6.54 Å². The van der Waals surface area contributed by atoms with Gasteiger partial charge in [0.05, 0.1) is 0 Å². The number of phenolic OH excluding ortho intramolecular Hbond substituents is 1. The number of phenols is 1. The predicted molar refractivity (Wildman–Crippen MR) is 66.5 cm³/mol. The molecule has 2 atom stereocenters. The van der Waals surface area contributed by atoms with E-state index in [0.717, 1.165) is 6.42 Å². The minimum absolute atomic E-state index is 0.355. The van der Waals surface area contributed by atoms with Crippen LogP contribution in [0, 0.1) is 0 Å². The van der Waals surface area contributed by atoms with E-state index in [1.165, 1.54) is 24.9 Å². The third-order valence-corrected chi connectivity index (χ3v) is 3.67. The first-order valence-electron chi connectivity index (χ1n) is 6.27. The van der Waals surface area contributed by atoms with E-state index >= 15 is 0 Å². The van der Waals surface area contributed by atoms with Crippen molar-refractivity contribution >= 4 is 0 Å². The summed E-state index contributed by atoms with van der Waals surface area (Å²) in [7, 11) is 0. The first kappa shape index (κ1) is 11.5. The predicted octanol–water partition coefficient (Wildman–Crippen LogP) is 3.33. The Labute approximate surface area is 97.9 Å². The molecule has 1 aromatic carbocycles. The largest absolute Gasteiger partial charge is 0.508 e. The van der Waals surface area contributed by atoms with Crippen LogP contribution in [-0.2, 0) is 0 Å². The summed E-state index contributed by atoms with van der Waals surface area (Å²) in [6.45, 7) is 5.76. The zero-order valence-electron chi connectivity index (χ0n) is 10.2. The number of likely N-dealkylation sites (tertiary alicyclic amines) is 1. The van der Waals surface area contributed by atoms with Crippen molar-refractivity contribution in [3.8, 4) is 5.75 Å². The van der Waals surface area contributed by atoms with E-state index in [9.17, 15) is 5.11 Å².